The van der Waals surface area contributed by atoms with Gasteiger partial charge in [-0.25, -0.2) is 18.0 Å². The lowest BCUT2D eigenvalue weighted by Gasteiger charge is -2.36. The third-order valence-corrected chi connectivity index (χ3v) is 8.85. The van der Waals surface area contributed by atoms with Gasteiger partial charge in [-0.3, -0.25) is 9.80 Å². The lowest BCUT2D eigenvalue weighted by Crippen LogP contribution is -2.49. The van der Waals surface area contributed by atoms with E-state index < -0.39 is 22.0 Å². The number of esters is 1. The highest BCUT2D eigenvalue weighted by Gasteiger charge is 2.38. The minimum Gasteiger partial charge on any atom is -0.463 e. The van der Waals surface area contributed by atoms with Crippen LogP contribution in [-0.2, 0) is 19.6 Å². The molecule has 0 aliphatic carbocycles. The predicted octanol–water partition coefficient (Wildman–Crippen LogP) is 3.25. The second-order valence-electron chi connectivity index (χ2n) is 8.89. The zero-order valence-electron chi connectivity index (χ0n) is 20.9. The average Bonchev–Trinajstić information content (AvgIpc) is 3.14. The summed E-state index contributed by atoms with van der Waals surface area (Å²) < 4.78 is 33.2. The summed E-state index contributed by atoms with van der Waals surface area (Å²) in [6.07, 6.45) is 0.609. The van der Waals surface area contributed by atoms with E-state index in [1.165, 1.54) is 9.21 Å². The van der Waals surface area contributed by atoms with Crippen LogP contribution in [0.15, 0.2) is 70.8 Å². The van der Waals surface area contributed by atoms with Crippen LogP contribution in [0, 0.1) is 0 Å². The molecule has 0 saturated carbocycles. The summed E-state index contributed by atoms with van der Waals surface area (Å²) in [4.78, 5) is 29.9. The van der Waals surface area contributed by atoms with Gasteiger partial charge in [-0.2, -0.15) is 4.31 Å². The van der Waals surface area contributed by atoms with Crippen LogP contribution >= 0.6 is 11.6 Å². The Balaban J connectivity index is 1.63. The maximum atomic E-state index is 13.2. The highest BCUT2D eigenvalue weighted by molar-refractivity contribution is 7.89. The number of ether oxygens (including phenoxy) is 1. The molecule has 1 saturated heterocycles. The number of rotatable bonds is 7. The fourth-order valence-corrected chi connectivity index (χ4v) is 6.38. The largest absolute Gasteiger partial charge is 0.463 e. The summed E-state index contributed by atoms with van der Waals surface area (Å²) in [5, 5.41) is 3.30. The van der Waals surface area contributed by atoms with Gasteiger partial charge in [0.05, 0.1) is 23.1 Å². The van der Waals surface area contributed by atoms with E-state index in [1.807, 2.05) is 0 Å². The van der Waals surface area contributed by atoms with E-state index in [-0.39, 0.29) is 24.1 Å². The number of carbonyl (C=O) groups excluding carboxylic acids is 2. The molecule has 1 unspecified atom stereocenters. The first-order valence-corrected chi connectivity index (χ1v) is 14.0. The van der Waals surface area contributed by atoms with Crippen molar-refractivity contribution in [2.75, 3.05) is 46.4 Å². The molecule has 0 radical (unpaired) electrons. The summed E-state index contributed by atoms with van der Waals surface area (Å²) in [5.41, 5.74) is 1.42. The standard InChI is InChI=1S/C26H31ClN4O5S/c1-3-36-25(32)23-22(29(2)26(33)28-24(23)20-12-7-8-13-21(20)27)18-30-14-9-15-31(17-16-30)37(34,35)19-10-5-4-6-11-19/h4-8,10-13,24H,3,9,14-18H2,1-2H3,(H,28,33). The molecule has 9 nitrogen and oxygen atoms in total. The first-order valence-electron chi connectivity index (χ1n) is 12.2. The minimum atomic E-state index is -3.61. The number of sulfonamides is 1. The Hall–Kier alpha value is -2.92. The van der Waals surface area contributed by atoms with Gasteiger partial charge in [-0.15, -0.1) is 0 Å². The van der Waals surface area contributed by atoms with Crippen molar-refractivity contribution in [1.29, 1.82) is 0 Å². The first-order chi connectivity index (χ1) is 17.7. The quantitative estimate of drug-likeness (QED) is 0.535. The smallest absolute Gasteiger partial charge is 0.338 e. The predicted molar refractivity (Wildman–Crippen MR) is 140 cm³/mol. The van der Waals surface area contributed by atoms with E-state index in [1.54, 1.807) is 68.6 Å². The number of benzene rings is 2. The van der Waals surface area contributed by atoms with E-state index >= 15 is 0 Å². The van der Waals surface area contributed by atoms with Gasteiger partial charge in [-0.05, 0) is 43.7 Å². The van der Waals surface area contributed by atoms with Crippen LogP contribution < -0.4 is 5.32 Å². The van der Waals surface area contributed by atoms with Crippen molar-refractivity contribution in [2.24, 2.45) is 0 Å². The molecule has 0 bridgehead atoms. The van der Waals surface area contributed by atoms with Crippen molar-refractivity contribution in [3.05, 3.63) is 76.5 Å². The zero-order valence-corrected chi connectivity index (χ0v) is 22.5. The Morgan fingerprint density at radius 3 is 2.46 bits per heavy atom. The number of hydrogen-bond donors (Lipinski definition) is 1. The Morgan fingerprint density at radius 1 is 1.05 bits per heavy atom. The summed E-state index contributed by atoms with van der Waals surface area (Å²) in [7, 11) is -2.00. The Kier molecular flexibility index (Phi) is 8.53. The zero-order chi connectivity index (χ0) is 26.6. The Labute approximate surface area is 222 Å². The molecule has 2 aromatic carbocycles. The normalized spacial score (nSPS) is 19.9. The average molecular weight is 547 g/mol. The molecule has 37 heavy (non-hydrogen) atoms. The van der Waals surface area contributed by atoms with Crippen molar-refractivity contribution in [3.63, 3.8) is 0 Å². The second-order valence-corrected chi connectivity index (χ2v) is 11.2. The van der Waals surface area contributed by atoms with Crippen molar-refractivity contribution in [1.82, 2.24) is 19.4 Å². The van der Waals surface area contributed by atoms with Crippen LogP contribution in [0.25, 0.3) is 0 Å². The molecule has 0 aromatic heterocycles. The third-order valence-electron chi connectivity index (χ3n) is 6.59. The lowest BCUT2D eigenvalue weighted by molar-refractivity contribution is -0.139. The van der Waals surface area contributed by atoms with Gasteiger partial charge < -0.3 is 10.1 Å². The maximum absolute atomic E-state index is 13.2. The summed E-state index contributed by atoms with van der Waals surface area (Å²) in [6, 6.07) is 14.3. The molecule has 2 aliphatic rings. The van der Waals surface area contributed by atoms with E-state index in [4.69, 9.17) is 16.3 Å². The van der Waals surface area contributed by atoms with Gasteiger partial charge in [0.15, 0.2) is 0 Å². The number of urea groups is 1. The number of hydrogen-bond acceptors (Lipinski definition) is 6. The van der Waals surface area contributed by atoms with Crippen molar-refractivity contribution < 1.29 is 22.7 Å². The fourth-order valence-electron chi connectivity index (χ4n) is 4.64. The summed E-state index contributed by atoms with van der Waals surface area (Å²) >= 11 is 6.45. The Morgan fingerprint density at radius 2 is 1.76 bits per heavy atom. The molecule has 11 heteroatoms. The lowest BCUT2D eigenvalue weighted by atomic mass is 9.94. The topological polar surface area (TPSA) is 99.3 Å². The number of amides is 2. The summed E-state index contributed by atoms with van der Waals surface area (Å²) in [6.45, 7) is 3.91. The Bertz CT molecular complexity index is 1280. The van der Waals surface area contributed by atoms with Crippen LogP contribution in [0.4, 0.5) is 4.79 Å². The van der Waals surface area contributed by atoms with Gasteiger partial charge in [0.2, 0.25) is 10.0 Å². The van der Waals surface area contributed by atoms with Gasteiger partial charge in [0, 0.05) is 43.9 Å². The van der Waals surface area contributed by atoms with Crippen LogP contribution in [0.2, 0.25) is 5.02 Å². The van der Waals surface area contributed by atoms with Crippen molar-refractivity contribution >= 4 is 33.6 Å². The molecule has 2 amide bonds. The van der Waals surface area contributed by atoms with Gasteiger partial charge in [-0.1, -0.05) is 48.0 Å². The SMILES string of the molecule is CCOC(=O)C1=C(CN2CCCN(S(=O)(=O)c3ccccc3)CC2)N(C)C(=O)NC1c1ccccc1Cl. The molecule has 2 aromatic rings. The van der Waals surface area contributed by atoms with E-state index in [9.17, 15) is 18.0 Å². The van der Waals surface area contributed by atoms with Crippen LogP contribution in [0.1, 0.15) is 24.9 Å². The molecular formula is C26H31ClN4O5S. The second kappa shape index (κ2) is 11.6. The number of likely N-dealkylation sites (N-methyl/N-ethyl adjacent to an activating group) is 1. The van der Waals surface area contributed by atoms with E-state index in [0.29, 0.717) is 54.5 Å². The van der Waals surface area contributed by atoms with Gasteiger partial charge >= 0.3 is 12.0 Å². The molecule has 4 rings (SSSR count). The number of nitrogens with zero attached hydrogens (tertiary/aromatic N) is 3. The van der Waals surface area contributed by atoms with E-state index in [0.717, 1.165) is 0 Å². The molecule has 198 valence electrons. The molecule has 0 spiro atoms. The maximum Gasteiger partial charge on any atom is 0.338 e. The molecule has 1 fully saturated rings. The summed E-state index contributed by atoms with van der Waals surface area (Å²) in [5.74, 6) is -0.530. The molecule has 2 aliphatic heterocycles. The van der Waals surface area contributed by atoms with Crippen LogP contribution in [0.5, 0.6) is 0 Å². The highest BCUT2D eigenvalue weighted by atomic mass is 35.5. The first kappa shape index (κ1) is 27.1. The van der Waals surface area contributed by atoms with Gasteiger partial charge in [0.25, 0.3) is 0 Å². The molecular weight excluding hydrogens is 516 g/mol. The molecule has 1 N–H and O–H groups in total. The number of halogens is 1. The highest BCUT2D eigenvalue weighted by Crippen LogP contribution is 2.35. The number of carbonyl (C=O) groups is 2. The monoisotopic (exact) mass is 546 g/mol. The fraction of sp³-hybridized carbons (Fsp3) is 0.385. The molecule has 2 heterocycles. The molecule has 1 atom stereocenters. The van der Waals surface area contributed by atoms with Crippen LogP contribution in [0.3, 0.4) is 0 Å². The van der Waals surface area contributed by atoms with Crippen molar-refractivity contribution in [2.45, 2.75) is 24.3 Å². The third kappa shape index (κ3) is 5.82. The number of nitrogens with one attached hydrogen (secondary N) is 1. The minimum absolute atomic E-state index is 0.179. The van der Waals surface area contributed by atoms with Crippen LogP contribution in [-0.4, -0.2) is 80.9 Å². The van der Waals surface area contributed by atoms with E-state index in [2.05, 4.69) is 10.2 Å². The van der Waals surface area contributed by atoms with Gasteiger partial charge in [0.1, 0.15) is 0 Å². The van der Waals surface area contributed by atoms with Crippen molar-refractivity contribution in [3.8, 4) is 0 Å².